The smallest absolute Gasteiger partial charge is 0.319 e. The van der Waals surface area contributed by atoms with Crippen LogP contribution < -0.4 is 16.0 Å². The lowest BCUT2D eigenvalue weighted by Crippen LogP contribution is -2.36. The lowest BCUT2D eigenvalue weighted by molar-refractivity contribution is -0.118. The summed E-state index contributed by atoms with van der Waals surface area (Å²) >= 11 is 0. The first-order valence-corrected chi connectivity index (χ1v) is 7.10. The first-order chi connectivity index (χ1) is 10.5. The van der Waals surface area contributed by atoms with E-state index in [0.717, 1.165) is 11.0 Å². The molecule has 0 aromatic carbocycles. The van der Waals surface area contributed by atoms with Gasteiger partial charge in [-0.05, 0) is 19.9 Å². The number of fused-ring (bicyclic) bond motifs is 1. The van der Waals surface area contributed by atoms with E-state index in [-0.39, 0.29) is 18.0 Å². The molecular formula is C14H20N6O2. The van der Waals surface area contributed by atoms with Gasteiger partial charge < -0.3 is 16.0 Å². The number of anilines is 1. The Balaban J connectivity index is 1.94. The molecule has 3 amide bonds. The third-order valence-electron chi connectivity index (χ3n) is 2.96. The Morgan fingerprint density at radius 3 is 2.64 bits per heavy atom. The number of hydrogen-bond acceptors (Lipinski definition) is 4. The molecule has 0 aliphatic rings. The molecule has 8 heteroatoms. The highest BCUT2D eigenvalue weighted by Gasteiger charge is 2.09. The molecule has 0 atom stereocenters. The fraction of sp³-hybridized carbons (Fsp3) is 0.429. The van der Waals surface area contributed by atoms with E-state index < -0.39 is 0 Å². The Morgan fingerprint density at radius 2 is 1.95 bits per heavy atom. The predicted molar refractivity (Wildman–Crippen MR) is 83.6 cm³/mol. The summed E-state index contributed by atoms with van der Waals surface area (Å²) in [5.41, 5.74) is 1.37. The van der Waals surface area contributed by atoms with Crippen molar-refractivity contribution in [2.24, 2.45) is 0 Å². The molecule has 0 saturated heterocycles. The van der Waals surface area contributed by atoms with Gasteiger partial charge in [-0.1, -0.05) is 0 Å². The summed E-state index contributed by atoms with van der Waals surface area (Å²) in [5, 5.41) is 13.1. The molecule has 0 spiro atoms. The number of rotatable bonds is 5. The Bertz CT molecular complexity index is 679. The van der Waals surface area contributed by atoms with Crippen molar-refractivity contribution in [1.82, 2.24) is 25.4 Å². The average molecular weight is 304 g/mol. The molecule has 2 aromatic rings. The molecule has 0 aliphatic heterocycles. The summed E-state index contributed by atoms with van der Waals surface area (Å²) < 4.78 is 1.83. The van der Waals surface area contributed by atoms with Crippen LogP contribution in [0.25, 0.3) is 11.0 Å². The molecule has 8 nitrogen and oxygen atoms in total. The third kappa shape index (κ3) is 3.94. The molecule has 118 valence electrons. The van der Waals surface area contributed by atoms with E-state index in [1.54, 1.807) is 12.4 Å². The largest absolute Gasteiger partial charge is 0.355 e. The number of aromatic nitrogens is 3. The number of pyridine rings is 1. The first-order valence-electron chi connectivity index (χ1n) is 7.10. The summed E-state index contributed by atoms with van der Waals surface area (Å²) in [4.78, 5) is 26.8. The second-order valence-electron chi connectivity index (χ2n) is 5.18. The highest BCUT2D eigenvalue weighted by molar-refractivity contribution is 5.91. The minimum absolute atomic E-state index is 0.126. The molecule has 22 heavy (non-hydrogen) atoms. The topological polar surface area (TPSA) is 101 Å². The second-order valence-corrected chi connectivity index (χ2v) is 5.18. The van der Waals surface area contributed by atoms with Crippen LogP contribution >= 0.6 is 0 Å². The number of urea groups is 1. The SMILES string of the molecule is CC(=O)NCCNC(=O)Nc1cnc2c(cnn2C(C)C)c1. The Kier molecular flexibility index (Phi) is 4.92. The fourth-order valence-corrected chi connectivity index (χ4v) is 1.98. The normalized spacial score (nSPS) is 10.7. The summed E-state index contributed by atoms with van der Waals surface area (Å²) in [6, 6.07) is 1.70. The van der Waals surface area contributed by atoms with Crippen LogP contribution in [-0.4, -0.2) is 39.8 Å². The van der Waals surface area contributed by atoms with Crippen LogP contribution in [0.1, 0.15) is 26.8 Å². The second kappa shape index (κ2) is 6.88. The van der Waals surface area contributed by atoms with Gasteiger partial charge in [0.15, 0.2) is 5.65 Å². The standard InChI is InChI=1S/C14H20N6O2/c1-9(2)20-13-11(7-18-20)6-12(8-17-13)19-14(22)16-5-4-15-10(3)21/h6-9H,4-5H2,1-3H3,(H,15,21)(H2,16,19,22). The van der Waals surface area contributed by atoms with Crippen LogP contribution in [0, 0.1) is 0 Å². The summed E-state index contributed by atoms with van der Waals surface area (Å²) in [6.45, 7) is 6.23. The van der Waals surface area contributed by atoms with E-state index >= 15 is 0 Å². The van der Waals surface area contributed by atoms with Crippen molar-refractivity contribution < 1.29 is 9.59 Å². The van der Waals surface area contributed by atoms with Gasteiger partial charge in [0.1, 0.15) is 0 Å². The summed E-state index contributed by atoms with van der Waals surface area (Å²) in [6.07, 6.45) is 3.32. The molecule has 2 aromatic heterocycles. The lowest BCUT2D eigenvalue weighted by atomic mass is 10.3. The highest BCUT2D eigenvalue weighted by Crippen LogP contribution is 2.18. The molecule has 2 rings (SSSR count). The summed E-state index contributed by atoms with van der Waals surface area (Å²) in [7, 11) is 0. The Morgan fingerprint density at radius 1 is 1.23 bits per heavy atom. The molecule has 0 aliphatic carbocycles. The zero-order chi connectivity index (χ0) is 16.1. The Labute approximate surface area is 128 Å². The van der Waals surface area contributed by atoms with Crippen LogP contribution in [0.3, 0.4) is 0 Å². The van der Waals surface area contributed by atoms with Crippen LogP contribution in [0.2, 0.25) is 0 Å². The highest BCUT2D eigenvalue weighted by atomic mass is 16.2. The molecule has 0 saturated carbocycles. The molecule has 0 fully saturated rings. The maximum atomic E-state index is 11.7. The molecule has 0 unspecified atom stereocenters. The summed E-state index contributed by atoms with van der Waals surface area (Å²) in [5.74, 6) is -0.126. The quantitative estimate of drug-likeness (QED) is 0.724. The monoisotopic (exact) mass is 304 g/mol. The average Bonchev–Trinajstić information content (AvgIpc) is 2.86. The van der Waals surface area contributed by atoms with Crippen LogP contribution in [0.15, 0.2) is 18.5 Å². The van der Waals surface area contributed by atoms with E-state index in [9.17, 15) is 9.59 Å². The van der Waals surface area contributed by atoms with Crippen molar-refractivity contribution in [3.63, 3.8) is 0 Å². The van der Waals surface area contributed by atoms with Gasteiger partial charge in [0, 0.05) is 31.4 Å². The predicted octanol–water partition coefficient (Wildman–Crippen LogP) is 1.27. The van der Waals surface area contributed by atoms with E-state index in [1.165, 1.54) is 6.92 Å². The molecule has 2 heterocycles. The van der Waals surface area contributed by atoms with Gasteiger partial charge in [-0.25, -0.2) is 14.5 Å². The van der Waals surface area contributed by atoms with Crippen molar-refractivity contribution in [2.75, 3.05) is 18.4 Å². The van der Waals surface area contributed by atoms with Crippen molar-refractivity contribution in [1.29, 1.82) is 0 Å². The third-order valence-corrected chi connectivity index (χ3v) is 2.96. The van der Waals surface area contributed by atoms with E-state index in [2.05, 4.69) is 26.0 Å². The minimum atomic E-state index is -0.345. The van der Waals surface area contributed by atoms with Gasteiger partial charge in [0.05, 0.1) is 18.1 Å². The first kappa shape index (κ1) is 15.7. The van der Waals surface area contributed by atoms with Crippen molar-refractivity contribution in [2.45, 2.75) is 26.8 Å². The van der Waals surface area contributed by atoms with E-state index in [0.29, 0.717) is 18.8 Å². The van der Waals surface area contributed by atoms with E-state index in [1.807, 2.05) is 24.6 Å². The van der Waals surface area contributed by atoms with Crippen LogP contribution in [-0.2, 0) is 4.79 Å². The molecule has 3 N–H and O–H groups in total. The van der Waals surface area contributed by atoms with Crippen molar-refractivity contribution >= 4 is 28.7 Å². The Hall–Kier alpha value is -2.64. The van der Waals surface area contributed by atoms with Gasteiger partial charge in [-0.2, -0.15) is 5.10 Å². The fourth-order valence-electron chi connectivity index (χ4n) is 1.98. The molecule has 0 radical (unpaired) electrons. The number of nitrogens with zero attached hydrogens (tertiary/aromatic N) is 3. The number of nitrogens with one attached hydrogen (secondary N) is 3. The van der Waals surface area contributed by atoms with Crippen LogP contribution in [0.5, 0.6) is 0 Å². The van der Waals surface area contributed by atoms with Gasteiger partial charge >= 0.3 is 6.03 Å². The molecular weight excluding hydrogens is 284 g/mol. The number of amides is 3. The zero-order valence-electron chi connectivity index (χ0n) is 12.9. The van der Waals surface area contributed by atoms with Crippen molar-refractivity contribution in [3.05, 3.63) is 18.5 Å². The number of carbonyl (C=O) groups excluding carboxylic acids is 2. The van der Waals surface area contributed by atoms with Crippen LogP contribution in [0.4, 0.5) is 10.5 Å². The van der Waals surface area contributed by atoms with Gasteiger partial charge in [-0.3, -0.25) is 4.79 Å². The number of carbonyl (C=O) groups is 2. The minimum Gasteiger partial charge on any atom is -0.355 e. The van der Waals surface area contributed by atoms with Gasteiger partial charge in [-0.15, -0.1) is 0 Å². The molecule has 0 bridgehead atoms. The maximum absolute atomic E-state index is 11.7. The van der Waals surface area contributed by atoms with Gasteiger partial charge in [0.2, 0.25) is 5.91 Å². The number of hydrogen-bond donors (Lipinski definition) is 3. The van der Waals surface area contributed by atoms with Crippen molar-refractivity contribution in [3.8, 4) is 0 Å². The van der Waals surface area contributed by atoms with Gasteiger partial charge in [0.25, 0.3) is 0 Å². The van der Waals surface area contributed by atoms with E-state index in [4.69, 9.17) is 0 Å². The maximum Gasteiger partial charge on any atom is 0.319 e. The lowest BCUT2D eigenvalue weighted by Gasteiger charge is -2.09. The zero-order valence-corrected chi connectivity index (χ0v) is 12.9.